The van der Waals surface area contributed by atoms with Crippen molar-refractivity contribution in [3.05, 3.63) is 36.2 Å². The maximum absolute atomic E-state index is 12.2. The molecule has 2 aromatic rings. The monoisotopic (exact) mass is 285 g/mol. The standard InChI is InChI=1S/C16H19N3O2/c1-10-7-18-16(21-10)12-4-3-5-14(6-12)19-15(20)11(2)13-8-17-9-13/h3-7,11,13,17H,8-9H2,1-2H3,(H,19,20). The minimum absolute atomic E-state index is 0.0129. The van der Waals surface area contributed by atoms with Crippen molar-refractivity contribution in [3.63, 3.8) is 0 Å². The number of rotatable bonds is 4. The van der Waals surface area contributed by atoms with Crippen molar-refractivity contribution in [2.24, 2.45) is 11.8 Å². The van der Waals surface area contributed by atoms with Gasteiger partial charge in [0, 0.05) is 17.2 Å². The molecule has 110 valence electrons. The highest BCUT2D eigenvalue weighted by atomic mass is 16.4. The van der Waals surface area contributed by atoms with Crippen molar-refractivity contribution in [2.45, 2.75) is 13.8 Å². The molecule has 0 saturated carbocycles. The van der Waals surface area contributed by atoms with Crippen LogP contribution in [0.5, 0.6) is 0 Å². The number of nitrogens with zero attached hydrogens (tertiary/aromatic N) is 1. The molecule has 1 aromatic heterocycles. The third-order valence-corrected chi connectivity index (χ3v) is 3.93. The molecule has 1 aromatic carbocycles. The van der Waals surface area contributed by atoms with E-state index in [1.165, 1.54) is 0 Å². The average molecular weight is 285 g/mol. The highest BCUT2D eigenvalue weighted by Gasteiger charge is 2.28. The van der Waals surface area contributed by atoms with Crippen molar-refractivity contribution >= 4 is 11.6 Å². The number of nitrogens with one attached hydrogen (secondary N) is 2. The minimum Gasteiger partial charge on any atom is -0.441 e. The Hall–Kier alpha value is -2.14. The van der Waals surface area contributed by atoms with Crippen LogP contribution in [-0.2, 0) is 4.79 Å². The molecule has 21 heavy (non-hydrogen) atoms. The first-order valence-corrected chi connectivity index (χ1v) is 7.18. The first-order valence-electron chi connectivity index (χ1n) is 7.18. The zero-order valence-electron chi connectivity index (χ0n) is 12.2. The van der Waals surface area contributed by atoms with E-state index in [1.807, 2.05) is 38.1 Å². The van der Waals surface area contributed by atoms with Gasteiger partial charge >= 0.3 is 0 Å². The van der Waals surface area contributed by atoms with Crippen LogP contribution in [0.4, 0.5) is 5.69 Å². The summed E-state index contributed by atoms with van der Waals surface area (Å²) in [5.74, 6) is 1.84. The number of carbonyl (C=O) groups excluding carboxylic acids is 1. The Morgan fingerprint density at radius 3 is 2.90 bits per heavy atom. The lowest BCUT2D eigenvalue weighted by molar-refractivity contribution is -0.121. The number of hydrogen-bond acceptors (Lipinski definition) is 4. The van der Waals surface area contributed by atoms with Crippen LogP contribution in [0.2, 0.25) is 0 Å². The summed E-state index contributed by atoms with van der Waals surface area (Å²) in [5, 5.41) is 6.16. The van der Waals surface area contributed by atoms with Crippen LogP contribution in [0.15, 0.2) is 34.9 Å². The van der Waals surface area contributed by atoms with E-state index in [0.29, 0.717) is 11.8 Å². The molecule has 1 atom stereocenters. The first kappa shape index (κ1) is 13.8. The molecule has 1 unspecified atom stereocenters. The molecule has 5 nitrogen and oxygen atoms in total. The maximum Gasteiger partial charge on any atom is 0.227 e. The number of oxazole rings is 1. The van der Waals surface area contributed by atoms with Gasteiger partial charge in [-0.25, -0.2) is 4.98 Å². The topological polar surface area (TPSA) is 67.2 Å². The van der Waals surface area contributed by atoms with Crippen molar-refractivity contribution in [3.8, 4) is 11.5 Å². The second-order valence-corrected chi connectivity index (χ2v) is 5.55. The molecular weight excluding hydrogens is 266 g/mol. The van der Waals surface area contributed by atoms with Gasteiger partial charge in [-0.15, -0.1) is 0 Å². The van der Waals surface area contributed by atoms with Gasteiger partial charge in [0.15, 0.2) is 0 Å². The molecule has 1 saturated heterocycles. The summed E-state index contributed by atoms with van der Waals surface area (Å²) in [7, 11) is 0. The van der Waals surface area contributed by atoms with Crippen LogP contribution in [0.3, 0.4) is 0 Å². The van der Waals surface area contributed by atoms with E-state index in [-0.39, 0.29) is 11.8 Å². The normalized spacial score (nSPS) is 16.3. The summed E-state index contributed by atoms with van der Waals surface area (Å²) < 4.78 is 5.51. The number of aryl methyl sites for hydroxylation is 1. The molecule has 1 fully saturated rings. The van der Waals surface area contributed by atoms with Crippen LogP contribution >= 0.6 is 0 Å². The quantitative estimate of drug-likeness (QED) is 0.905. The van der Waals surface area contributed by atoms with Crippen molar-refractivity contribution in [1.82, 2.24) is 10.3 Å². The van der Waals surface area contributed by atoms with Gasteiger partial charge in [-0.05, 0) is 44.1 Å². The zero-order valence-corrected chi connectivity index (χ0v) is 12.2. The minimum atomic E-state index is 0.0129. The fourth-order valence-electron chi connectivity index (χ4n) is 2.35. The highest BCUT2D eigenvalue weighted by Crippen LogP contribution is 2.23. The molecule has 2 heterocycles. The fourth-order valence-corrected chi connectivity index (χ4v) is 2.35. The Labute approximate surface area is 123 Å². The number of aromatic nitrogens is 1. The Balaban J connectivity index is 1.72. The van der Waals surface area contributed by atoms with E-state index >= 15 is 0 Å². The van der Waals surface area contributed by atoms with E-state index in [1.54, 1.807) is 6.20 Å². The van der Waals surface area contributed by atoms with E-state index in [4.69, 9.17) is 4.42 Å². The van der Waals surface area contributed by atoms with Crippen molar-refractivity contribution in [1.29, 1.82) is 0 Å². The van der Waals surface area contributed by atoms with E-state index in [2.05, 4.69) is 15.6 Å². The van der Waals surface area contributed by atoms with Gasteiger partial charge in [0.05, 0.1) is 6.20 Å². The largest absolute Gasteiger partial charge is 0.441 e. The maximum atomic E-state index is 12.2. The highest BCUT2D eigenvalue weighted by molar-refractivity contribution is 5.93. The SMILES string of the molecule is Cc1cnc(-c2cccc(NC(=O)C(C)C3CNC3)c2)o1. The molecule has 0 spiro atoms. The van der Waals surface area contributed by atoms with Gasteiger partial charge in [-0.3, -0.25) is 4.79 Å². The fraction of sp³-hybridized carbons (Fsp3) is 0.375. The summed E-state index contributed by atoms with van der Waals surface area (Å²) in [6, 6.07) is 7.57. The number of benzene rings is 1. The molecule has 1 aliphatic heterocycles. The van der Waals surface area contributed by atoms with Gasteiger partial charge in [-0.2, -0.15) is 0 Å². The molecule has 0 aliphatic carbocycles. The average Bonchev–Trinajstić information content (AvgIpc) is 2.84. The van der Waals surface area contributed by atoms with E-state index < -0.39 is 0 Å². The molecular formula is C16H19N3O2. The predicted octanol–water partition coefficient (Wildman–Crippen LogP) is 2.44. The Morgan fingerprint density at radius 2 is 2.29 bits per heavy atom. The Bertz CT molecular complexity index is 646. The van der Waals surface area contributed by atoms with Gasteiger partial charge in [0.25, 0.3) is 0 Å². The second-order valence-electron chi connectivity index (χ2n) is 5.55. The Morgan fingerprint density at radius 1 is 1.48 bits per heavy atom. The van der Waals surface area contributed by atoms with Gasteiger partial charge in [0.1, 0.15) is 5.76 Å². The van der Waals surface area contributed by atoms with Crippen LogP contribution in [0.1, 0.15) is 12.7 Å². The zero-order chi connectivity index (χ0) is 14.8. The molecule has 0 bridgehead atoms. The van der Waals surface area contributed by atoms with Crippen LogP contribution in [-0.4, -0.2) is 24.0 Å². The molecule has 2 N–H and O–H groups in total. The first-order chi connectivity index (χ1) is 10.1. The van der Waals surface area contributed by atoms with E-state index in [0.717, 1.165) is 30.1 Å². The second kappa shape index (κ2) is 5.69. The third kappa shape index (κ3) is 2.97. The van der Waals surface area contributed by atoms with Crippen molar-refractivity contribution < 1.29 is 9.21 Å². The lowest BCUT2D eigenvalue weighted by atomic mass is 9.88. The number of amides is 1. The summed E-state index contributed by atoms with van der Waals surface area (Å²) in [4.78, 5) is 16.4. The van der Waals surface area contributed by atoms with E-state index in [9.17, 15) is 4.79 Å². The summed E-state index contributed by atoms with van der Waals surface area (Å²) in [5.41, 5.74) is 1.63. The Kier molecular flexibility index (Phi) is 3.75. The van der Waals surface area contributed by atoms with Crippen LogP contribution in [0.25, 0.3) is 11.5 Å². The van der Waals surface area contributed by atoms with Gasteiger partial charge < -0.3 is 15.1 Å². The number of anilines is 1. The molecule has 0 radical (unpaired) electrons. The number of carbonyl (C=O) groups is 1. The predicted molar refractivity (Wildman–Crippen MR) is 80.8 cm³/mol. The van der Waals surface area contributed by atoms with Crippen LogP contribution in [0, 0.1) is 18.8 Å². The van der Waals surface area contributed by atoms with Gasteiger partial charge in [-0.1, -0.05) is 13.0 Å². The lowest BCUT2D eigenvalue weighted by Crippen LogP contribution is -2.48. The molecule has 3 rings (SSSR count). The lowest BCUT2D eigenvalue weighted by Gasteiger charge is -2.31. The summed E-state index contributed by atoms with van der Waals surface area (Å²) >= 11 is 0. The molecule has 5 heteroatoms. The summed E-state index contributed by atoms with van der Waals surface area (Å²) in [6.45, 7) is 5.67. The smallest absolute Gasteiger partial charge is 0.227 e. The molecule has 1 amide bonds. The number of hydrogen-bond donors (Lipinski definition) is 2. The summed E-state index contributed by atoms with van der Waals surface area (Å²) in [6.07, 6.45) is 1.69. The van der Waals surface area contributed by atoms with Crippen LogP contribution < -0.4 is 10.6 Å². The van der Waals surface area contributed by atoms with Gasteiger partial charge in [0.2, 0.25) is 11.8 Å². The molecule has 1 aliphatic rings. The third-order valence-electron chi connectivity index (χ3n) is 3.93. The van der Waals surface area contributed by atoms with Crippen molar-refractivity contribution in [2.75, 3.05) is 18.4 Å².